The number of amides is 1. The number of carbonyl (C=O) groups excluding carboxylic acids is 1. The second kappa shape index (κ2) is 7.39. The zero-order valence-electron chi connectivity index (χ0n) is 13.8. The van der Waals surface area contributed by atoms with Crippen molar-refractivity contribution in [2.75, 3.05) is 10.6 Å². The van der Waals surface area contributed by atoms with E-state index in [1.807, 2.05) is 19.1 Å². The SMILES string of the molecule is Cc1cc(Nc2ccc(NC(=O)c3ccc([N+](=O)[O-])cc3)nc2)ccn1. The predicted octanol–water partition coefficient (Wildman–Crippen LogP) is 3.69. The summed E-state index contributed by atoms with van der Waals surface area (Å²) in [4.78, 5) is 30.6. The number of aryl methyl sites for hydroxylation is 1. The number of benzene rings is 1. The van der Waals surface area contributed by atoms with Gasteiger partial charge in [-0.05, 0) is 43.3 Å². The van der Waals surface area contributed by atoms with E-state index in [9.17, 15) is 14.9 Å². The highest BCUT2D eigenvalue weighted by Crippen LogP contribution is 2.18. The van der Waals surface area contributed by atoms with Crippen molar-refractivity contribution < 1.29 is 9.72 Å². The standard InChI is InChI=1S/C18H15N5O3/c1-12-10-14(8-9-19-12)21-15-4-7-17(20-11-15)22-18(24)13-2-5-16(6-3-13)23(25)26/h2-11H,1H3,(H,19,21)(H,20,22,24). The van der Waals surface area contributed by atoms with Crippen LogP contribution in [0.3, 0.4) is 0 Å². The fourth-order valence-corrected chi connectivity index (χ4v) is 2.25. The highest BCUT2D eigenvalue weighted by molar-refractivity contribution is 6.03. The van der Waals surface area contributed by atoms with Gasteiger partial charge in [0.25, 0.3) is 11.6 Å². The molecule has 0 aliphatic rings. The van der Waals surface area contributed by atoms with Gasteiger partial charge >= 0.3 is 0 Å². The fraction of sp³-hybridized carbons (Fsp3) is 0.0556. The van der Waals surface area contributed by atoms with Crippen LogP contribution in [0.4, 0.5) is 22.9 Å². The normalized spacial score (nSPS) is 10.2. The van der Waals surface area contributed by atoms with Gasteiger partial charge in [0.2, 0.25) is 0 Å². The number of anilines is 3. The van der Waals surface area contributed by atoms with Crippen molar-refractivity contribution in [2.24, 2.45) is 0 Å². The average Bonchev–Trinajstić information content (AvgIpc) is 2.63. The van der Waals surface area contributed by atoms with E-state index in [2.05, 4.69) is 20.6 Å². The Morgan fingerprint density at radius 1 is 1.04 bits per heavy atom. The number of carbonyl (C=O) groups is 1. The Labute approximate surface area is 149 Å². The van der Waals surface area contributed by atoms with Crippen LogP contribution in [0.2, 0.25) is 0 Å². The van der Waals surface area contributed by atoms with Gasteiger partial charge < -0.3 is 10.6 Å². The van der Waals surface area contributed by atoms with Crippen LogP contribution in [0.1, 0.15) is 16.1 Å². The molecule has 0 bridgehead atoms. The molecule has 0 radical (unpaired) electrons. The molecular formula is C18H15N5O3. The summed E-state index contributed by atoms with van der Waals surface area (Å²) in [5, 5.41) is 16.5. The Bertz CT molecular complexity index is 940. The number of aromatic nitrogens is 2. The van der Waals surface area contributed by atoms with E-state index in [1.54, 1.807) is 24.5 Å². The van der Waals surface area contributed by atoms with E-state index in [1.165, 1.54) is 24.3 Å². The molecule has 0 unspecified atom stereocenters. The monoisotopic (exact) mass is 349 g/mol. The molecule has 2 N–H and O–H groups in total. The molecular weight excluding hydrogens is 334 g/mol. The largest absolute Gasteiger partial charge is 0.354 e. The number of non-ortho nitro benzene ring substituents is 1. The highest BCUT2D eigenvalue weighted by Gasteiger charge is 2.10. The lowest BCUT2D eigenvalue weighted by Crippen LogP contribution is -2.12. The van der Waals surface area contributed by atoms with Gasteiger partial charge in [0, 0.05) is 35.3 Å². The van der Waals surface area contributed by atoms with Crippen molar-refractivity contribution in [3.8, 4) is 0 Å². The maximum absolute atomic E-state index is 12.2. The summed E-state index contributed by atoms with van der Waals surface area (Å²) in [6.45, 7) is 1.90. The Balaban J connectivity index is 1.65. The number of rotatable bonds is 5. The van der Waals surface area contributed by atoms with Gasteiger partial charge in [-0.3, -0.25) is 19.9 Å². The number of nitrogens with zero attached hydrogens (tertiary/aromatic N) is 3. The molecule has 0 atom stereocenters. The van der Waals surface area contributed by atoms with Crippen molar-refractivity contribution in [3.05, 3.63) is 82.3 Å². The lowest BCUT2D eigenvalue weighted by atomic mass is 10.2. The summed E-state index contributed by atoms with van der Waals surface area (Å²) in [5.41, 5.74) is 2.80. The molecule has 8 heteroatoms. The summed E-state index contributed by atoms with van der Waals surface area (Å²) >= 11 is 0. The maximum atomic E-state index is 12.2. The molecule has 1 amide bonds. The fourth-order valence-electron chi connectivity index (χ4n) is 2.25. The Morgan fingerprint density at radius 3 is 2.42 bits per heavy atom. The van der Waals surface area contributed by atoms with Crippen LogP contribution < -0.4 is 10.6 Å². The van der Waals surface area contributed by atoms with Gasteiger partial charge in [0.15, 0.2) is 0 Å². The molecule has 0 spiro atoms. The van der Waals surface area contributed by atoms with Crippen molar-refractivity contribution in [1.82, 2.24) is 9.97 Å². The maximum Gasteiger partial charge on any atom is 0.269 e. The first-order valence-electron chi connectivity index (χ1n) is 7.73. The molecule has 2 heterocycles. The third-order valence-electron chi connectivity index (χ3n) is 3.53. The van der Waals surface area contributed by atoms with Crippen molar-refractivity contribution in [1.29, 1.82) is 0 Å². The summed E-state index contributed by atoms with van der Waals surface area (Å²) in [6, 6.07) is 12.6. The van der Waals surface area contributed by atoms with Crippen LogP contribution >= 0.6 is 0 Å². The third-order valence-corrected chi connectivity index (χ3v) is 3.53. The van der Waals surface area contributed by atoms with E-state index in [-0.39, 0.29) is 5.69 Å². The molecule has 2 aromatic heterocycles. The van der Waals surface area contributed by atoms with E-state index in [4.69, 9.17) is 0 Å². The zero-order valence-corrected chi connectivity index (χ0v) is 13.8. The first kappa shape index (κ1) is 17.0. The quantitative estimate of drug-likeness (QED) is 0.537. The van der Waals surface area contributed by atoms with Gasteiger partial charge in [0.05, 0.1) is 16.8 Å². The minimum Gasteiger partial charge on any atom is -0.354 e. The Kier molecular flexibility index (Phi) is 4.84. The molecule has 0 saturated heterocycles. The van der Waals surface area contributed by atoms with Crippen LogP contribution in [0.25, 0.3) is 0 Å². The Morgan fingerprint density at radius 2 is 1.81 bits per heavy atom. The van der Waals surface area contributed by atoms with Crippen LogP contribution in [-0.4, -0.2) is 20.8 Å². The highest BCUT2D eigenvalue weighted by atomic mass is 16.6. The summed E-state index contributed by atoms with van der Waals surface area (Å²) < 4.78 is 0. The van der Waals surface area contributed by atoms with Gasteiger partial charge in [-0.2, -0.15) is 0 Å². The lowest BCUT2D eigenvalue weighted by Gasteiger charge is -2.08. The van der Waals surface area contributed by atoms with E-state index in [0.29, 0.717) is 11.4 Å². The van der Waals surface area contributed by atoms with Crippen LogP contribution in [-0.2, 0) is 0 Å². The molecule has 0 saturated carbocycles. The minimum atomic E-state index is -0.515. The first-order chi connectivity index (χ1) is 12.5. The number of hydrogen-bond acceptors (Lipinski definition) is 6. The van der Waals surface area contributed by atoms with Crippen LogP contribution in [0, 0.1) is 17.0 Å². The first-order valence-corrected chi connectivity index (χ1v) is 7.73. The summed E-state index contributed by atoms with van der Waals surface area (Å²) in [6.07, 6.45) is 3.31. The van der Waals surface area contributed by atoms with Gasteiger partial charge in [-0.25, -0.2) is 4.98 Å². The van der Waals surface area contributed by atoms with Gasteiger partial charge in [-0.15, -0.1) is 0 Å². The molecule has 3 aromatic rings. The van der Waals surface area contributed by atoms with E-state index >= 15 is 0 Å². The van der Waals surface area contributed by atoms with Crippen LogP contribution in [0.15, 0.2) is 60.9 Å². The molecule has 130 valence electrons. The zero-order chi connectivity index (χ0) is 18.5. The smallest absolute Gasteiger partial charge is 0.269 e. The molecule has 26 heavy (non-hydrogen) atoms. The minimum absolute atomic E-state index is 0.0681. The van der Waals surface area contributed by atoms with Crippen molar-refractivity contribution >= 4 is 28.8 Å². The number of nitrogens with one attached hydrogen (secondary N) is 2. The van der Waals surface area contributed by atoms with Crippen molar-refractivity contribution in [3.63, 3.8) is 0 Å². The van der Waals surface area contributed by atoms with Gasteiger partial charge in [0.1, 0.15) is 5.82 Å². The topological polar surface area (TPSA) is 110 Å². The number of nitro groups is 1. The molecule has 1 aromatic carbocycles. The molecule has 0 aliphatic carbocycles. The van der Waals surface area contributed by atoms with Gasteiger partial charge in [-0.1, -0.05) is 0 Å². The van der Waals surface area contributed by atoms with E-state index < -0.39 is 10.8 Å². The molecule has 8 nitrogen and oxygen atoms in total. The molecule has 0 fully saturated rings. The second-order valence-electron chi connectivity index (χ2n) is 5.50. The number of hydrogen-bond donors (Lipinski definition) is 2. The van der Waals surface area contributed by atoms with E-state index in [0.717, 1.165) is 17.1 Å². The molecule has 0 aliphatic heterocycles. The lowest BCUT2D eigenvalue weighted by molar-refractivity contribution is -0.384. The second-order valence-corrected chi connectivity index (χ2v) is 5.50. The summed E-state index contributed by atoms with van der Waals surface area (Å²) in [7, 11) is 0. The number of nitro benzene ring substituents is 1. The van der Waals surface area contributed by atoms with Crippen molar-refractivity contribution in [2.45, 2.75) is 6.92 Å². The summed E-state index contributed by atoms with van der Waals surface area (Å²) in [5.74, 6) is -0.0114. The number of pyridine rings is 2. The predicted molar refractivity (Wildman–Crippen MR) is 97.5 cm³/mol. The third kappa shape index (κ3) is 4.18. The Hall–Kier alpha value is -3.81. The van der Waals surface area contributed by atoms with Crippen LogP contribution in [0.5, 0.6) is 0 Å². The molecule has 3 rings (SSSR count). The average molecular weight is 349 g/mol.